The number of primary amides is 1. The van der Waals surface area contributed by atoms with E-state index in [0.29, 0.717) is 25.0 Å². The van der Waals surface area contributed by atoms with Crippen molar-refractivity contribution in [1.29, 1.82) is 0 Å². The first-order valence-electron chi connectivity index (χ1n) is 7.72. The summed E-state index contributed by atoms with van der Waals surface area (Å²) in [7, 11) is 1.71. The Morgan fingerprint density at radius 3 is 2.55 bits per heavy atom. The van der Waals surface area contributed by atoms with E-state index in [-0.39, 0.29) is 5.91 Å². The van der Waals surface area contributed by atoms with E-state index in [1.807, 2.05) is 6.92 Å². The van der Waals surface area contributed by atoms with Crippen molar-refractivity contribution >= 4 is 5.91 Å². The molecule has 1 aliphatic carbocycles. The standard InChI is InChI=1S/C15H31N3O2/c1-5-17-15(14(16)19,13-6-7-13)11-18(8-9-20-4)10-12(2)3/h12-13,17H,5-11H2,1-4H3,(H2,16,19). The second-order valence-corrected chi connectivity index (χ2v) is 6.26. The average Bonchev–Trinajstić information content (AvgIpc) is 3.18. The van der Waals surface area contributed by atoms with Crippen LogP contribution in [0.1, 0.15) is 33.6 Å². The van der Waals surface area contributed by atoms with Crippen molar-refractivity contribution in [2.45, 2.75) is 39.2 Å². The lowest BCUT2D eigenvalue weighted by atomic mass is 9.90. The van der Waals surface area contributed by atoms with E-state index in [2.05, 4.69) is 24.1 Å². The van der Waals surface area contributed by atoms with Crippen LogP contribution in [0.3, 0.4) is 0 Å². The summed E-state index contributed by atoms with van der Waals surface area (Å²) in [6, 6.07) is 0. The van der Waals surface area contributed by atoms with Crippen molar-refractivity contribution in [2.75, 3.05) is 39.9 Å². The third-order valence-corrected chi connectivity index (χ3v) is 3.91. The highest BCUT2D eigenvalue weighted by atomic mass is 16.5. The first-order chi connectivity index (χ1) is 9.46. The van der Waals surface area contributed by atoms with Crippen LogP contribution in [0.15, 0.2) is 0 Å². The van der Waals surface area contributed by atoms with Gasteiger partial charge in [-0.05, 0) is 31.2 Å². The summed E-state index contributed by atoms with van der Waals surface area (Å²) in [4.78, 5) is 14.4. The lowest BCUT2D eigenvalue weighted by Crippen LogP contribution is -2.63. The molecule has 0 aromatic carbocycles. The quantitative estimate of drug-likeness (QED) is 0.590. The maximum Gasteiger partial charge on any atom is 0.239 e. The summed E-state index contributed by atoms with van der Waals surface area (Å²) in [5.74, 6) is 0.725. The average molecular weight is 285 g/mol. The number of methoxy groups -OCH3 is 1. The van der Waals surface area contributed by atoms with Gasteiger partial charge in [0.15, 0.2) is 0 Å². The maximum atomic E-state index is 12.1. The normalized spacial score (nSPS) is 18.5. The fourth-order valence-electron chi connectivity index (χ4n) is 2.91. The number of nitrogens with zero attached hydrogens (tertiary/aromatic N) is 1. The molecular weight excluding hydrogens is 254 g/mol. The van der Waals surface area contributed by atoms with Crippen LogP contribution >= 0.6 is 0 Å². The summed E-state index contributed by atoms with van der Waals surface area (Å²) >= 11 is 0. The Morgan fingerprint density at radius 1 is 1.50 bits per heavy atom. The summed E-state index contributed by atoms with van der Waals surface area (Å²) < 4.78 is 5.19. The molecule has 0 bridgehead atoms. The van der Waals surface area contributed by atoms with Gasteiger partial charge in [-0.3, -0.25) is 9.69 Å². The van der Waals surface area contributed by atoms with Crippen molar-refractivity contribution in [3.8, 4) is 0 Å². The van der Waals surface area contributed by atoms with Gasteiger partial charge in [0.1, 0.15) is 5.54 Å². The highest BCUT2D eigenvalue weighted by Crippen LogP contribution is 2.40. The van der Waals surface area contributed by atoms with Gasteiger partial charge in [0.05, 0.1) is 6.61 Å². The molecule has 1 unspecified atom stereocenters. The van der Waals surface area contributed by atoms with E-state index in [9.17, 15) is 4.79 Å². The monoisotopic (exact) mass is 285 g/mol. The molecule has 1 rings (SSSR count). The third kappa shape index (κ3) is 4.72. The van der Waals surface area contributed by atoms with Crippen LogP contribution in [0.5, 0.6) is 0 Å². The van der Waals surface area contributed by atoms with E-state index in [1.165, 1.54) is 0 Å². The second kappa shape index (κ2) is 7.96. The van der Waals surface area contributed by atoms with E-state index in [1.54, 1.807) is 7.11 Å². The fourth-order valence-corrected chi connectivity index (χ4v) is 2.91. The summed E-state index contributed by atoms with van der Waals surface area (Å²) in [5.41, 5.74) is 5.18. The van der Waals surface area contributed by atoms with Gasteiger partial charge in [-0.25, -0.2) is 0 Å². The van der Waals surface area contributed by atoms with Gasteiger partial charge in [-0.15, -0.1) is 0 Å². The van der Waals surface area contributed by atoms with Gasteiger partial charge >= 0.3 is 0 Å². The Bertz CT molecular complexity index is 305. The lowest BCUT2D eigenvalue weighted by molar-refractivity contribution is -0.126. The number of hydrogen-bond donors (Lipinski definition) is 2. The summed E-state index contributed by atoms with van der Waals surface area (Å²) in [6.45, 7) is 10.3. The fraction of sp³-hybridized carbons (Fsp3) is 0.933. The second-order valence-electron chi connectivity index (χ2n) is 6.26. The molecule has 1 amide bonds. The first-order valence-corrected chi connectivity index (χ1v) is 7.72. The minimum Gasteiger partial charge on any atom is -0.383 e. The molecule has 0 heterocycles. The van der Waals surface area contributed by atoms with Crippen LogP contribution in [0.25, 0.3) is 0 Å². The largest absolute Gasteiger partial charge is 0.383 e. The summed E-state index contributed by atoms with van der Waals surface area (Å²) in [6.07, 6.45) is 2.19. The molecule has 0 aromatic heterocycles. The van der Waals surface area contributed by atoms with E-state index >= 15 is 0 Å². The molecule has 5 nitrogen and oxygen atoms in total. The molecule has 5 heteroatoms. The van der Waals surface area contributed by atoms with Crippen molar-refractivity contribution < 1.29 is 9.53 Å². The van der Waals surface area contributed by atoms with Crippen molar-refractivity contribution in [3.05, 3.63) is 0 Å². The molecule has 0 radical (unpaired) electrons. The predicted molar refractivity (Wildman–Crippen MR) is 81.5 cm³/mol. The zero-order valence-corrected chi connectivity index (χ0v) is 13.4. The molecule has 3 N–H and O–H groups in total. The number of amides is 1. The van der Waals surface area contributed by atoms with Gasteiger partial charge in [0, 0.05) is 26.7 Å². The van der Waals surface area contributed by atoms with Crippen LogP contribution < -0.4 is 11.1 Å². The van der Waals surface area contributed by atoms with Crippen LogP contribution in [0.2, 0.25) is 0 Å². The number of ether oxygens (including phenoxy) is 1. The molecule has 1 fully saturated rings. The van der Waals surface area contributed by atoms with Crippen LogP contribution in [-0.2, 0) is 9.53 Å². The van der Waals surface area contributed by atoms with Gasteiger partial charge in [-0.1, -0.05) is 20.8 Å². The molecule has 0 aromatic rings. The Hall–Kier alpha value is -0.650. The zero-order chi connectivity index (χ0) is 15.2. The SMILES string of the molecule is CCNC(CN(CCOC)CC(C)C)(C(N)=O)C1CC1. The van der Waals surface area contributed by atoms with Crippen LogP contribution in [0, 0.1) is 11.8 Å². The topological polar surface area (TPSA) is 67.6 Å². The molecule has 1 atom stereocenters. The minimum absolute atomic E-state index is 0.215. The summed E-state index contributed by atoms with van der Waals surface area (Å²) in [5, 5.41) is 3.38. The molecule has 118 valence electrons. The highest BCUT2D eigenvalue weighted by Gasteiger charge is 2.50. The number of rotatable bonds is 11. The van der Waals surface area contributed by atoms with E-state index in [4.69, 9.17) is 10.5 Å². The first kappa shape index (κ1) is 17.4. The Kier molecular flexibility index (Phi) is 6.92. The number of likely N-dealkylation sites (N-methyl/N-ethyl adjacent to an activating group) is 1. The Labute approximate surface area is 123 Å². The van der Waals surface area contributed by atoms with Gasteiger partial charge in [-0.2, -0.15) is 0 Å². The zero-order valence-electron chi connectivity index (χ0n) is 13.4. The number of hydrogen-bond acceptors (Lipinski definition) is 4. The maximum absolute atomic E-state index is 12.1. The van der Waals surface area contributed by atoms with E-state index < -0.39 is 5.54 Å². The van der Waals surface area contributed by atoms with Crippen molar-refractivity contribution in [1.82, 2.24) is 10.2 Å². The van der Waals surface area contributed by atoms with Crippen molar-refractivity contribution in [2.24, 2.45) is 17.6 Å². The molecule has 0 aliphatic heterocycles. The van der Waals surface area contributed by atoms with Gasteiger partial charge in [0.2, 0.25) is 5.91 Å². The molecule has 1 saturated carbocycles. The minimum atomic E-state index is -0.572. The molecule has 1 aliphatic rings. The lowest BCUT2D eigenvalue weighted by Gasteiger charge is -2.37. The van der Waals surface area contributed by atoms with Crippen LogP contribution in [0.4, 0.5) is 0 Å². The van der Waals surface area contributed by atoms with E-state index in [0.717, 1.165) is 32.5 Å². The smallest absolute Gasteiger partial charge is 0.239 e. The molecular formula is C15H31N3O2. The van der Waals surface area contributed by atoms with Gasteiger partial charge in [0.25, 0.3) is 0 Å². The van der Waals surface area contributed by atoms with Gasteiger partial charge < -0.3 is 15.8 Å². The number of carbonyl (C=O) groups excluding carboxylic acids is 1. The molecule has 0 saturated heterocycles. The highest BCUT2D eigenvalue weighted by molar-refractivity contribution is 5.86. The van der Waals surface area contributed by atoms with Crippen molar-refractivity contribution in [3.63, 3.8) is 0 Å². The number of nitrogens with one attached hydrogen (secondary N) is 1. The Morgan fingerprint density at radius 2 is 2.15 bits per heavy atom. The predicted octanol–water partition coefficient (Wildman–Crippen LogP) is 0.834. The number of nitrogens with two attached hydrogens (primary N) is 1. The molecule has 0 spiro atoms. The third-order valence-electron chi connectivity index (χ3n) is 3.91. The number of carbonyl (C=O) groups is 1. The molecule has 20 heavy (non-hydrogen) atoms. The Balaban J connectivity index is 2.79. The van der Waals surface area contributed by atoms with Crippen LogP contribution in [-0.4, -0.2) is 56.2 Å².